The first kappa shape index (κ1) is 23.7. The molecule has 3 N–H and O–H groups in total. The topological polar surface area (TPSA) is 102 Å². The number of carbonyl (C=O) groups is 2. The number of methoxy groups -OCH3 is 1. The molecule has 3 aromatic rings. The molecule has 0 aliphatic carbocycles. The van der Waals surface area contributed by atoms with Gasteiger partial charge in [-0.15, -0.1) is 11.3 Å². The molecular weight excluding hydrogens is 452 g/mol. The van der Waals surface area contributed by atoms with E-state index in [1.807, 2.05) is 54.6 Å². The van der Waals surface area contributed by atoms with Crippen molar-refractivity contribution in [2.45, 2.75) is 31.4 Å². The van der Waals surface area contributed by atoms with Crippen LogP contribution in [0.5, 0.6) is 5.75 Å². The minimum Gasteiger partial charge on any atom is -0.497 e. The fourth-order valence-corrected chi connectivity index (χ4v) is 4.38. The van der Waals surface area contributed by atoms with Crippen LogP contribution in [0.1, 0.15) is 28.9 Å². The molecule has 4 rings (SSSR count). The van der Waals surface area contributed by atoms with Crippen LogP contribution in [-0.2, 0) is 16.0 Å². The molecule has 0 spiro atoms. The van der Waals surface area contributed by atoms with Gasteiger partial charge in [0.1, 0.15) is 17.5 Å². The number of rotatable bonds is 10. The van der Waals surface area contributed by atoms with Crippen molar-refractivity contribution in [3.8, 4) is 5.75 Å². The van der Waals surface area contributed by atoms with Gasteiger partial charge < -0.3 is 25.4 Å². The zero-order valence-electron chi connectivity index (χ0n) is 19.0. The molecule has 1 fully saturated rings. The maximum absolute atomic E-state index is 12.9. The molecule has 178 valence electrons. The molecule has 1 aliphatic rings. The van der Waals surface area contributed by atoms with E-state index in [-0.39, 0.29) is 17.7 Å². The van der Waals surface area contributed by atoms with Gasteiger partial charge in [0.25, 0.3) is 5.91 Å². The molecule has 2 aromatic carbocycles. The number of nitrogens with one attached hydrogen (secondary N) is 3. The zero-order valence-corrected chi connectivity index (χ0v) is 19.8. The van der Waals surface area contributed by atoms with Gasteiger partial charge in [0.2, 0.25) is 5.91 Å². The van der Waals surface area contributed by atoms with Crippen LogP contribution in [0.2, 0.25) is 0 Å². The molecule has 34 heavy (non-hydrogen) atoms. The summed E-state index contributed by atoms with van der Waals surface area (Å²) < 4.78 is 10.8. The van der Waals surface area contributed by atoms with E-state index in [0.717, 1.165) is 36.4 Å². The van der Waals surface area contributed by atoms with Crippen LogP contribution in [0, 0.1) is 0 Å². The number of benzene rings is 2. The monoisotopic (exact) mass is 480 g/mol. The quantitative estimate of drug-likeness (QED) is 0.410. The summed E-state index contributed by atoms with van der Waals surface area (Å²) in [4.78, 5) is 30.3. The fraction of sp³-hybridized carbons (Fsp3) is 0.320. The molecule has 9 heteroatoms. The number of hydrogen-bond donors (Lipinski definition) is 3. The number of anilines is 2. The second-order valence-electron chi connectivity index (χ2n) is 7.99. The van der Waals surface area contributed by atoms with E-state index >= 15 is 0 Å². The Balaban J connectivity index is 1.40. The van der Waals surface area contributed by atoms with Gasteiger partial charge in [-0.3, -0.25) is 9.59 Å². The van der Waals surface area contributed by atoms with E-state index in [1.54, 1.807) is 12.5 Å². The van der Waals surface area contributed by atoms with Crippen LogP contribution in [0.3, 0.4) is 0 Å². The smallest absolute Gasteiger partial charge is 0.271 e. The zero-order chi connectivity index (χ0) is 23.8. The van der Waals surface area contributed by atoms with Gasteiger partial charge in [-0.1, -0.05) is 30.3 Å². The van der Waals surface area contributed by atoms with Crippen molar-refractivity contribution in [1.29, 1.82) is 0 Å². The predicted molar refractivity (Wildman–Crippen MR) is 132 cm³/mol. The summed E-state index contributed by atoms with van der Waals surface area (Å²) in [6, 6.07) is 16.3. The maximum Gasteiger partial charge on any atom is 0.271 e. The molecule has 1 aliphatic heterocycles. The van der Waals surface area contributed by atoms with Crippen molar-refractivity contribution in [2.24, 2.45) is 0 Å². The van der Waals surface area contributed by atoms with Crippen LogP contribution in [0.25, 0.3) is 0 Å². The summed E-state index contributed by atoms with van der Waals surface area (Å²) in [6.07, 6.45) is 2.34. The molecule has 0 saturated carbocycles. The Morgan fingerprint density at radius 3 is 2.68 bits per heavy atom. The molecule has 1 aromatic heterocycles. The summed E-state index contributed by atoms with van der Waals surface area (Å²) in [5.41, 5.74) is 2.05. The van der Waals surface area contributed by atoms with Crippen molar-refractivity contribution < 1.29 is 19.1 Å². The second-order valence-corrected chi connectivity index (χ2v) is 8.85. The van der Waals surface area contributed by atoms with E-state index in [0.29, 0.717) is 18.1 Å². The SMILES string of the molecule is COc1ccc(Nc2nc(C(=O)N[C@H](Cc3ccccc3)C(=O)NC[C@@H]3CCCO3)cs2)cc1. The van der Waals surface area contributed by atoms with Crippen molar-refractivity contribution in [2.75, 3.05) is 25.6 Å². The van der Waals surface area contributed by atoms with E-state index in [9.17, 15) is 9.59 Å². The largest absolute Gasteiger partial charge is 0.497 e. The first-order chi connectivity index (χ1) is 16.6. The summed E-state index contributed by atoms with van der Waals surface area (Å²) in [6.45, 7) is 1.16. The van der Waals surface area contributed by atoms with Crippen LogP contribution in [-0.4, -0.2) is 49.2 Å². The van der Waals surface area contributed by atoms with E-state index in [4.69, 9.17) is 9.47 Å². The number of ether oxygens (including phenoxy) is 2. The van der Waals surface area contributed by atoms with Gasteiger partial charge in [-0.05, 0) is 42.7 Å². The van der Waals surface area contributed by atoms with Crippen molar-refractivity contribution in [3.05, 3.63) is 71.2 Å². The van der Waals surface area contributed by atoms with Crippen molar-refractivity contribution in [1.82, 2.24) is 15.6 Å². The number of aromatic nitrogens is 1. The summed E-state index contributed by atoms with van der Waals surface area (Å²) in [7, 11) is 1.61. The normalized spacial score (nSPS) is 16.0. The summed E-state index contributed by atoms with van der Waals surface area (Å²) >= 11 is 1.32. The third-order valence-corrected chi connectivity index (χ3v) is 6.27. The Morgan fingerprint density at radius 2 is 1.97 bits per heavy atom. The molecular formula is C25H28N4O4S. The Morgan fingerprint density at radius 1 is 1.18 bits per heavy atom. The molecule has 2 amide bonds. The molecule has 2 atom stereocenters. The van der Waals surface area contributed by atoms with Crippen LogP contribution >= 0.6 is 11.3 Å². The second kappa shape index (κ2) is 11.6. The van der Waals surface area contributed by atoms with E-state index in [2.05, 4.69) is 20.9 Å². The fourth-order valence-electron chi connectivity index (χ4n) is 3.67. The lowest BCUT2D eigenvalue weighted by Gasteiger charge is -2.19. The van der Waals surface area contributed by atoms with Crippen molar-refractivity contribution >= 4 is 34.0 Å². The highest BCUT2D eigenvalue weighted by Crippen LogP contribution is 2.23. The molecule has 1 saturated heterocycles. The van der Waals surface area contributed by atoms with Gasteiger partial charge in [-0.2, -0.15) is 0 Å². The lowest BCUT2D eigenvalue weighted by atomic mass is 10.0. The number of thiazole rings is 1. The third kappa shape index (κ3) is 6.55. The minimum absolute atomic E-state index is 0.0298. The van der Waals surface area contributed by atoms with Crippen LogP contribution in [0.4, 0.5) is 10.8 Å². The highest BCUT2D eigenvalue weighted by molar-refractivity contribution is 7.14. The molecule has 0 radical (unpaired) electrons. The van der Waals surface area contributed by atoms with E-state index in [1.165, 1.54) is 11.3 Å². The standard InChI is InChI=1S/C25H28N4O4S/c1-32-19-11-9-18(10-12-19)27-25-29-22(16-34-25)24(31)28-21(14-17-6-3-2-4-7-17)23(30)26-15-20-8-5-13-33-20/h2-4,6-7,9-12,16,20-21H,5,8,13-15H2,1H3,(H,26,30)(H,27,29)(H,28,31)/t20-,21+/m0/s1. The first-order valence-electron chi connectivity index (χ1n) is 11.2. The predicted octanol–water partition coefficient (Wildman–Crippen LogP) is 3.53. The van der Waals surface area contributed by atoms with Gasteiger partial charge in [0.05, 0.1) is 13.2 Å². The van der Waals surface area contributed by atoms with Crippen LogP contribution in [0.15, 0.2) is 60.0 Å². The average Bonchev–Trinajstić information content (AvgIpc) is 3.56. The molecule has 0 bridgehead atoms. The summed E-state index contributed by atoms with van der Waals surface area (Å²) in [5, 5.41) is 11.2. The van der Waals surface area contributed by atoms with Crippen molar-refractivity contribution in [3.63, 3.8) is 0 Å². The number of hydrogen-bond acceptors (Lipinski definition) is 7. The lowest BCUT2D eigenvalue weighted by Crippen LogP contribution is -2.49. The Hall–Kier alpha value is -3.43. The molecule has 8 nitrogen and oxygen atoms in total. The van der Waals surface area contributed by atoms with Gasteiger partial charge in [0, 0.05) is 30.6 Å². The average molecular weight is 481 g/mol. The number of carbonyl (C=O) groups excluding carboxylic acids is 2. The van der Waals surface area contributed by atoms with Crippen LogP contribution < -0.4 is 20.7 Å². The maximum atomic E-state index is 12.9. The minimum atomic E-state index is -0.726. The van der Waals surface area contributed by atoms with Gasteiger partial charge in [-0.25, -0.2) is 4.98 Å². The Labute approximate surface area is 202 Å². The summed E-state index contributed by atoms with van der Waals surface area (Å²) in [5.74, 6) is 0.124. The third-order valence-electron chi connectivity index (χ3n) is 5.51. The van der Waals surface area contributed by atoms with Gasteiger partial charge >= 0.3 is 0 Å². The highest BCUT2D eigenvalue weighted by atomic mass is 32.1. The van der Waals surface area contributed by atoms with Gasteiger partial charge in [0.15, 0.2) is 5.13 Å². The first-order valence-corrected chi connectivity index (χ1v) is 12.1. The number of amides is 2. The Kier molecular flexibility index (Phi) is 8.11. The van der Waals surface area contributed by atoms with E-state index < -0.39 is 11.9 Å². The molecule has 0 unspecified atom stereocenters. The lowest BCUT2D eigenvalue weighted by molar-refractivity contribution is -0.123. The Bertz CT molecular complexity index is 1080. The molecule has 2 heterocycles. The number of nitrogens with zero attached hydrogens (tertiary/aromatic N) is 1. The highest BCUT2D eigenvalue weighted by Gasteiger charge is 2.25.